The number of aromatic amines is 1. The number of nitrogens with one attached hydrogen (secondary N) is 1. The number of hydrogen-bond donors (Lipinski definition) is 1. The molecule has 0 aliphatic rings. The van der Waals surface area contributed by atoms with Gasteiger partial charge in [0.2, 0.25) is 0 Å². The van der Waals surface area contributed by atoms with Gasteiger partial charge in [-0.15, -0.1) is 0 Å². The molecule has 0 unspecified atom stereocenters. The maximum atomic E-state index is 8.95. The van der Waals surface area contributed by atoms with Crippen molar-refractivity contribution in [2.24, 2.45) is 0 Å². The van der Waals surface area contributed by atoms with E-state index in [0.717, 1.165) is 22.2 Å². The zero-order chi connectivity index (χ0) is 14.9. The van der Waals surface area contributed by atoms with Crippen LogP contribution in [0.25, 0.3) is 28.0 Å². The van der Waals surface area contributed by atoms with E-state index in [2.05, 4.69) is 26.1 Å². The average molecular weight is 286 g/mol. The molecule has 22 heavy (non-hydrogen) atoms. The molecule has 0 radical (unpaired) electrons. The Balaban J connectivity index is 1.74. The van der Waals surface area contributed by atoms with Crippen molar-refractivity contribution in [3.63, 3.8) is 0 Å². The van der Waals surface area contributed by atoms with Crippen LogP contribution in [0, 0.1) is 11.3 Å². The van der Waals surface area contributed by atoms with Gasteiger partial charge >= 0.3 is 0 Å². The Labute approximate surface area is 125 Å². The van der Waals surface area contributed by atoms with E-state index in [-0.39, 0.29) is 0 Å². The number of nitriles is 1. The summed E-state index contributed by atoms with van der Waals surface area (Å²) < 4.78 is 1.61. The summed E-state index contributed by atoms with van der Waals surface area (Å²) >= 11 is 0. The fourth-order valence-electron chi connectivity index (χ4n) is 2.36. The van der Waals surface area contributed by atoms with Gasteiger partial charge in [0.1, 0.15) is 12.7 Å². The SMILES string of the molecule is N#Cc1ccc2cc(-c3ccc(-n4cncn4)nc3)[nH]c2c1. The van der Waals surface area contributed by atoms with Gasteiger partial charge in [-0.3, -0.25) is 0 Å². The fourth-order valence-corrected chi connectivity index (χ4v) is 2.36. The molecule has 6 heteroatoms. The largest absolute Gasteiger partial charge is 0.354 e. The number of aromatic nitrogens is 5. The molecule has 3 aromatic heterocycles. The first-order valence-electron chi connectivity index (χ1n) is 6.68. The number of H-pyrrole nitrogens is 1. The van der Waals surface area contributed by atoms with Gasteiger partial charge in [-0.25, -0.2) is 14.6 Å². The maximum absolute atomic E-state index is 8.95. The van der Waals surface area contributed by atoms with Crippen LogP contribution in [0.4, 0.5) is 0 Å². The van der Waals surface area contributed by atoms with Gasteiger partial charge in [0, 0.05) is 28.4 Å². The third-order valence-corrected chi connectivity index (χ3v) is 3.46. The van der Waals surface area contributed by atoms with E-state index in [1.165, 1.54) is 6.33 Å². The lowest BCUT2D eigenvalue weighted by molar-refractivity contribution is 0.845. The van der Waals surface area contributed by atoms with Crippen molar-refractivity contribution in [1.82, 2.24) is 24.7 Å². The molecule has 0 aliphatic carbocycles. The van der Waals surface area contributed by atoms with Crippen molar-refractivity contribution in [3.8, 4) is 23.1 Å². The molecule has 3 heterocycles. The summed E-state index contributed by atoms with van der Waals surface area (Å²) in [5, 5.41) is 14.1. The number of hydrogen-bond acceptors (Lipinski definition) is 4. The summed E-state index contributed by atoms with van der Waals surface area (Å²) in [7, 11) is 0. The molecule has 0 bridgehead atoms. The van der Waals surface area contributed by atoms with E-state index in [1.807, 2.05) is 36.4 Å². The maximum Gasteiger partial charge on any atom is 0.155 e. The predicted molar refractivity (Wildman–Crippen MR) is 81.2 cm³/mol. The summed E-state index contributed by atoms with van der Waals surface area (Å²) in [4.78, 5) is 11.6. The van der Waals surface area contributed by atoms with Gasteiger partial charge in [-0.2, -0.15) is 10.4 Å². The van der Waals surface area contributed by atoms with Crippen LogP contribution in [0.2, 0.25) is 0 Å². The molecular weight excluding hydrogens is 276 g/mol. The van der Waals surface area contributed by atoms with Crippen LogP contribution in [0.5, 0.6) is 0 Å². The highest BCUT2D eigenvalue weighted by Crippen LogP contribution is 2.24. The van der Waals surface area contributed by atoms with Crippen molar-refractivity contribution in [2.45, 2.75) is 0 Å². The standard InChI is InChI=1S/C16H10N6/c17-7-11-1-2-12-6-15(21-14(12)5-11)13-3-4-16(19-8-13)22-10-18-9-20-22/h1-6,8-10,21H. The lowest BCUT2D eigenvalue weighted by Crippen LogP contribution is -1.97. The van der Waals surface area contributed by atoms with Crippen LogP contribution >= 0.6 is 0 Å². The zero-order valence-corrected chi connectivity index (χ0v) is 11.4. The lowest BCUT2D eigenvalue weighted by Gasteiger charge is -2.01. The normalized spacial score (nSPS) is 10.7. The van der Waals surface area contributed by atoms with Crippen molar-refractivity contribution >= 4 is 10.9 Å². The topological polar surface area (TPSA) is 83.2 Å². The first-order chi connectivity index (χ1) is 10.8. The highest BCUT2D eigenvalue weighted by atomic mass is 15.3. The molecule has 4 aromatic rings. The Morgan fingerprint density at radius 3 is 2.82 bits per heavy atom. The van der Waals surface area contributed by atoms with Crippen LogP contribution in [0.1, 0.15) is 5.56 Å². The minimum absolute atomic E-state index is 0.639. The second-order valence-electron chi connectivity index (χ2n) is 4.84. The van der Waals surface area contributed by atoms with Crippen molar-refractivity contribution in [3.05, 3.63) is 60.8 Å². The first-order valence-corrected chi connectivity index (χ1v) is 6.68. The Bertz CT molecular complexity index is 974. The molecule has 0 aliphatic heterocycles. The summed E-state index contributed by atoms with van der Waals surface area (Å²) in [5.41, 5.74) is 3.51. The van der Waals surface area contributed by atoms with Crippen molar-refractivity contribution < 1.29 is 0 Å². The van der Waals surface area contributed by atoms with Gasteiger partial charge in [0.05, 0.1) is 11.6 Å². The minimum Gasteiger partial charge on any atom is -0.354 e. The molecule has 1 N–H and O–H groups in total. The molecule has 1 aromatic carbocycles. The summed E-state index contributed by atoms with van der Waals surface area (Å²) in [6, 6.07) is 13.6. The van der Waals surface area contributed by atoms with Crippen LogP contribution in [-0.2, 0) is 0 Å². The van der Waals surface area contributed by atoms with Gasteiger partial charge in [0.15, 0.2) is 5.82 Å². The van der Waals surface area contributed by atoms with Gasteiger partial charge < -0.3 is 4.98 Å². The molecule has 0 spiro atoms. The Morgan fingerprint density at radius 1 is 1.14 bits per heavy atom. The van der Waals surface area contributed by atoms with Crippen LogP contribution in [0.15, 0.2) is 55.2 Å². The van der Waals surface area contributed by atoms with E-state index in [1.54, 1.807) is 17.2 Å². The van der Waals surface area contributed by atoms with E-state index in [9.17, 15) is 0 Å². The van der Waals surface area contributed by atoms with Gasteiger partial charge in [0.25, 0.3) is 0 Å². The lowest BCUT2D eigenvalue weighted by atomic mass is 10.1. The molecule has 0 saturated carbocycles. The molecule has 0 amide bonds. The summed E-state index contributed by atoms with van der Waals surface area (Å²) in [6.45, 7) is 0. The number of nitrogens with zero attached hydrogens (tertiary/aromatic N) is 5. The van der Waals surface area contributed by atoms with E-state index in [0.29, 0.717) is 11.4 Å². The number of rotatable bonds is 2. The van der Waals surface area contributed by atoms with Gasteiger partial charge in [-0.05, 0) is 30.3 Å². The fraction of sp³-hybridized carbons (Fsp3) is 0. The van der Waals surface area contributed by atoms with E-state index >= 15 is 0 Å². The molecular formula is C16H10N6. The number of fused-ring (bicyclic) bond motifs is 1. The second kappa shape index (κ2) is 4.82. The van der Waals surface area contributed by atoms with Gasteiger partial charge in [-0.1, -0.05) is 6.07 Å². The minimum atomic E-state index is 0.639. The highest BCUT2D eigenvalue weighted by molar-refractivity contribution is 5.86. The van der Waals surface area contributed by atoms with Crippen molar-refractivity contribution in [2.75, 3.05) is 0 Å². The molecule has 0 saturated heterocycles. The smallest absolute Gasteiger partial charge is 0.155 e. The quantitative estimate of drug-likeness (QED) is 0.614. The molecule has 6 nitrogen and oxygen atoms in total. The monoisotopic (exact) mass is 286 g/mol. The summed E-state index contributed by atoms with van der Waals surface area (Å²) in [6.07, 6.45) is 4.86. The first kappa shape index (κ1) is 12.3. The Hall–Kier alpha value is -3.46. The highest BCUT2D eigenvalue weighted by Gasteiger charge is 2.06. The Kier molecular flexibility index (Phi) is 2.70. The third-order valence-electron chi connectivity index (χ3n) is 3.46. The molecule has 0 atom stereocenters. The zero-order valence-electron chi connectivity index (χ0n) is 11.4. The van der Waals surface area contributed by atoms with Crippen LogP contribution in [-0.4, -0.2) is 24.7 Å². The summed E-state index contributed by atoms with van der Waals surface area (Å²) in [5.74, 6) is 0.712. The van der Waals surface area contributed by atoms with E-state index in [4.69, 9.17) is 5.26 Å². The van der Waals surface area contributed by atoms with E-state index < -0.39 is 0 Å². The Morgan fingerprint density at radius 2 is 2.09 bits per heavy atom. The average Bonchev–Trinajstić information content (AvgIpc) is 3.23. The molecule has 104 valence electrons. The number of benzene rings is 1. The van der Waals surface area contributed by atoms with Crippen molar-refractivity contribution in [1.29, 1.82) is 5.26 Å². The van der Waals surface area contributed by atoms with Crippen LogP contribution < -0.4 is 0 Å². The van der Waals surface area contributed by atoms with Crippen LogP contribution in [0.3, 0.4) is 0 Å². The molecule has 4 rings (SSSR count). The third kappa shape index (κ3) is 2.01. The number of pyridine rings is 1. The molecule has 0 fully saturated rings. The second-order valence-corrected chi connectivity index (χ2v) is 4.84. The predicted octanol–water partition coefficient (Wildman–Crippen LogP) is 2.68.